The van der Waals surface area contributed by atoms with Crippen LogP contribution in [0.5, 0.6) is 5.75 Å². The Labute approximate surface area is 177 Å². The van der Waals surface area contributed by atoms with E-state index < -0.39 is 0 Å². The fraction of sp³-hybridized carbons (Fsp3) is 0.0833. The van der Waals surface area contributed by atoms with E-state index in [1.54, 1.807) is 36.4 Å². The topological polar surface area (TPSA) is 68.5 Å². The van der Waals surface area contributed by atoms with Crippen molar-refractivity contribution in [2.24, 2.45) is 0 Å². The fourth-order valence-corrected chi connectivity index (χ4v) is 3.28. The van der Waals surface area contributed by atoms with Crippen LogP contribution in [0.4, 0.5) is 5.69 Å². The summed E-state index contributed by atoms with van der Waals surface area (Å²) in [5.74, 6) is 0.143. The predicted octanol–water partition coefficient (Wildman–Crippen LogP) is 5.44. The van der Waals surface area contributed by atoms with Gasteiger partial charge >= 0.3 is 0 Å². The molecular formula is C24H18ClNO4. The summed E-state index contributed by atoms with van der Waals surface area (Å²) in [7, 11) is 0. The lowest BCUT2D eigenvalue weighted by Crippen LogP contribution is -2.20. The molecule has 0 aliphatic heterocycles. The maximum atomic E-state index is 12.9. The number of aryl methyl sites for hydroxylation is 1. The molecule has 4 aromatic rings. The second-order valence-electron chi connectivity index (χ2n) is 6.82. The third-order valence-corrected chi connectivity index (χ3v) is 4.94. The highest BCUT2D eigenvalue weighted by Gasteiger charge is 2.13. The minimum Gasteiger partial charge on any atom is -0.484 e. The van der Waals surface area contributed by atoms with E-state index in [1.807, 2.05) is 37.3 Å². The number of anilines is 1. The molecule has 30 heavy (non-hydrogen) atoms. The summed E-state index contributed by atoms with van der Waals surface area (Å²) < 4.78 is 11.2. The highest BCUT2D eigenvalue weighted by atomic mass is 35.5. The van der Waals surface area contributed by atoms with Crippen LogP contribution in [0.25, 0.3) is 22.1 Å². The third-order valence-electron chi connectivity index (χ3n) is 4.62. The number of carbonyl (C=O) groups is 1. The molecule has 150 valence electrons. The van der Waals surface area contributed by atoms with Gasteiger partial charge in [0.1, 0.15) is 17.6 Å². The van der Waals surface area contributed by atoms with Gasteiger partial charge in [-0.2, -0.15) is 0 Å². The van der Waals surface area contributed by atoms with E-state index in [4.69, 9.17) is 20.8 Å². The number of fused-ring (bicyclic) bond motifs is 1. The molecule has 0 radical (unpaired) electrons. The van der Waals surface area contributed by atoms with Gasteiger partial charge in [0.25, 0.3) is 5.91 Å². The molecule has 0 bridgehead atoms. The standard InChI is InChI=1S/C24H18ClNO4/c1-15-6-8-16(9-7-15)26-23(27)14-29-17-10-11-19-22(12-17)30-13-20(24(19)28)18-4-2-3-5-21(18)25/h2-13H,14H2,1H3,(H,26,27). The van der Waals surface area contributed by atoms with Crippen molar-refractivity contribution < 1.29 is 13.9 Å². The third kappa shape index (κ3) is 4.21. The summed E-state index contributed by atoms with van der Waals surface area (Å²) in [6, 6.07) is 19.4. The second kappa shape index (κ2) is 8.43. The van der Waals surface area contributed by atoms with Crippen LogP contribution >= 0.6 is 11.6 Å². The Morgan fingerprint density at radius 1 is 1.03 bits per heavy atom. The molecule has 1 N–H and O–H groups in total. The van der Waals surface area contributed by atoms with Gasteiger partial charge in [-0.1, -0.05) is 47.5 Å². The maximum Gasteiger partial charge on any atom is 0.262 e. The highest BCUT2D eigenvalue weighted by molar-refractivity contribution is 6.33. The zero-order valence-electron chi connectivity index (χ0n) is 16.1. The largest absolute Gasteiger partial charge is 0.484 e. The van der Waals surface area contributed by atoms with Gasteiger partial charge in [-0.15, -0.1) is 0 Å². The van der Waals surface area contributed by atoms with Crippen molar-refractivity contribution in [2.75, 3.05) is 11.9 Å². The van der Waals surface area contributed by atoms with Gasteiger partial charge in [0.05, 0.1) is 10.9 Å². The first-order valence-corrected chi connectivity index (χ1v) is 9.69. The Hall–Kier alpha value is -3.57. The summed E-state index contributed by atoms with van der Waals surface area (Å²) in [6.45, 7) is 1.81. The molecule has 1 aromatic heterocycles. The number of halogens is 1. The van der Waals surface area contributed by atoms with Gasteiger partial charge < -0.3 is 14.5 Å². The van der Waals surface area contributed by atoms with E-state index in [0.29, 0.717) is 38.6 Å². The Morgan fingerprint density at radius 3 is 2.57 bits per heavy atom. The lowest BCUT2D eigenvalue weighted by Gasteiger charge is -2.09. The average Bonchev–Trinajstić information content (AvgIpc) is 2.75. The smallest absolute Gasteiger partial charge is 0.262 e. The molecular weight excluding hydrogens is 402 g/mol. The molecule has 0 aliphatic rings. The van der Waals surface area contributed by atoms with Crippen LogP contribution in [0.15, 0.2) is 82.2 Å². The number of ether oxygens (including phenoxy) is 1. The number of amides is 1. The Kier molecular flexibility index (Phi) is 5.55. The van der Waals surface area contributed by atoms with Gasteiger partial charge in [-0.05, 0) is 37.3 Å². The van der Waals surface area contributed by atoms with Crippen LogP contribution in [-0.2, 0) is 4.79 Å². The van der Waals surface area contributed by atoms with E-state index in [1.165, 1.54) is 6.26 Å². The van der Waals surface area contributed by atoms with Crippen molar-refractivity contribution in [3.63, 3.8) is 0 Å². The van der Waals surface area contributed by atoms with Crippen LogP contribution < -0.4 is 15.5 Å². The minimum atomic E-state index is -0.283. The van der Waals surface area contributed by atoms with E-state index in [2.05, 4.69) is 5.32 Å². The molecule has 0 aliphatic carbocycles. The van der Waals surface area contributed by atoms with Crippen molar-refractivity contribution in [1.29, 1.82) is 0 Å². The second-order valence-corrected chi connectivity index (χ2v) is 7.23. The lowest BCUT2D eigenvalue weighted by atomic mass is 10.1. The molecule has 0 fully saturated rings. The Balaban J connectivity index is 1.50. The van der Waals surface area contributed by atoms with Crippen LogP contribution in [0.3, 0.4) is 0 Å². The zero-order chi connectivity index (χ0) is 21.1. The van der Waals surface area contributed by atoms with E-state index in [-0.39, 0.29) is 17.9 Å². The molecule has 0 atom stereocenters. The molecule has 5 nitrogen and oxygen atoms in total. The van der Waals surface area contributed by atoms with Crippen molar-refractivity contribution in [2.45, 2.75) is 6.92 Å². The van der Waals surface area contributed by atoms with Crippen LogP contribution in [0.1, 0.15) is 5.56 Å². The molecule has 0 saturated heterocycles. The van der Waals surface area contributed by atoms with Gasteiger partial charge in [0.2, 0.25) is 5.43 Å². The first-order valence-electron chi connectivity index (χ1n) is 9.31. The monoisotopic (exact) mass is 419 g/mol. The number of benzene rings is 3. The predicted molar refractivity (Wildman–Crippen MR) is 118 cm³/mol. The van der Waals surface area contributed by atoms with Gasteiger partial charge in [-0.25, -0.2) is 0 Å². The maximum absolute atomic E-state index is 12.9. The van der Waals surface area contributed by atoms with Gasteiger partial charge in [0.15, 0.2) is 6.61 Å². The molecule has 1 heterocycles. The first-order chi connectivity index (χ1) is 14.5. The highest BCUT2D eigenvalue weighted by Crippen LogP contribution is 2.27. The van der Waals surface area contributed by atoms with Crippen LogP contribution in [-0.4, -0.2) is 12.5 Å². The number of hydrogen-bond donors (Lipinski definition) is 1. The molecule has 0 unspecified atom stereocenters. The average molecular weight is 420 g/mol. The lowest BCUT2D eigenvalue weighted by molar-refractivity contribution is -0.118. The Morgan fingerprint density at radius 2 is 1.80 bits per heavy atom. The minimum absolute atomic E-state index is 0.165. The molecule has 1 amide bonds. The first kappa shape index (κ1) is 19.7. The van der Waals surface area contributed by atoms with Gasteiger partial charge in [0, 0.05) is 22.3 Å². The van der Waals surface area contributed by atoms with Crippen molar-refractivity contribution in [3.05, 3.63) is 93.8 Å². The van der Waals surface area contributed by atoms with E-state index in [9.17, 15) is 9.59 Å². The SMILES string of the molecule is Cc1ccc(NC(=O)COc2ccc3c(=O)c(-c4ccccc4Cl)coc3c2)cc1. The number of nitrogens with one attached hydrogen (secondary N) is 1. The van der Waals surface area contributed by atoms with E-state index >= 15 is 0 Å². The Bertz CT molecular complexity index is 1280. The van der Waals surface area contributed by atoms with Gasteiger partial charge in [-0.3, -0.25) is 9.59 Å². The molecule has 0 spiro atoms. The van der Waals surface area contributed by atoms with Crippen LogP contribution in [0, 0.1) is 6.92 Å². The summed E-state index contributed by atoms with van der Waals surface area (Å²) >= 11 is 6.21. The summed E-state index contributed by atoms with van der Waals surface area (Å²) in [4.78, 5) is 25.0. The number of carbonyl (C=O) groups excluding carboxylic acids is 1. The fourth-order valence-electron chi connectivity index (χ4n) is 3.05. The van der Waals surface area contributed by atoms with Crippen molar-refractivity contribution in [3.8, 4) is 16.9 Å². The normalized spacial score (nSPS) is 10.7. The number of rotatable bonds is 5. The molecule has 3 aromatic carbocycles. The van der Waals surface area contributed by atoms with Crippen molar-refractivity contribution >= 4 is 34.2 Å². The summed E-state index contributed by atoms with van der Waals surface area (Å²) in [5, 5.41) is 3.65. The number of hydrogen-bond acceptors (Lipinski definition) is 4. The zero-order valence-corrected chi connectivity index (χ0v) is 16.9. The van der Waals surface area contributed by atoms with Crippen LogP contribution in [0.2, 0.25) is 5.02 Å². The van der Waals surface area contributed by atoms with Crippen molar-refractivity contribution in [1.82, 2.24) is 0 Å². The molecule has 4 rings (SSSR count). The molecule has 0 saturated carbocycles. The summed E-state index contributed by atoms with van der Waals surface area (Å²) in [6.07, 6.45) is 1.39. The molecule has 6 heteroatoms. The van der Waals surface area contributed by atoms with E-state index in [0.717, 1.165) is 5.56 Å². The summed E-state index contributed by atoms with van der Waals surface area (Å²) in [5.41, 5.74) is 2.99. The quantitative estimate of drug-likeness (QED) is 0.467.